The molecule has 24 heavy (non-hydrogen) atoms. The number of pyridine rings is 1. The second-order valence-corrected chi connectivity index (χ2v) is 6.79. The van der Waals surface area contributed by atoms with Crippen LogP contribution >= 0.6 is 0 Å². The second-order valence-electron chi connectivity index (χ2n) is 6.79. The molecule has 2 aromatic heterocycles. The van der Waals surface area contributed by atoms with Crippen LogP contribution in [0.3, 0.4) is 0 Å². The van der Waals surface area contributed by atoms with Crippen LogP contribution in [0, 0.1) is 5.92 Å². The van der Waals surface area contributed by atoms with Gasteiger partial charge in [0.1, 0.15) is 5.65 Å². The SMILES string of the molecule is O=C(NCCc1cn2ccccc2n1)N(C[C@H]1CCOC1)C1CC1. The first kappa shape index (κ1) is 15.4. The van der Waals surface area contributed by atoms with Crippen molar-refractivity contribution in [3.8, 4) is 0 Å². The molecule has 1 saturated carbocycles. The Morgan fingerprint density at radius 2 is 2.29 bits per heavy atom. The van der Waals surface area contributed by atoms with Crippen LogP contribution in [0.25, 0.3) is 5.65 Å². The van der Waals surface area contributed by atoms with Gasteiger partial charge in [0.15, 0.2) is 0 Å². The molecule has 1 aliphatic heterocycles. The monoisotopic (exact) mass is 328 g/mol. The number of fused-ring (bicyclic) bond motifs is 1. The van der Waals surface area contributed by atoms with Gasteiger partial charge >= 0.3 is 6.03 Å². The third-order valence-corrected chi connectivity index (χ3v) is 4.80. The highest BCUT2D eigenvalue weighted by Gasteiger charge is 2.34. The van der Waals surface area contributed by atoms with Crippen molar-refractivity contribution in [1.29, 1.82) is 0 Å². The van der Waals surface area contributed by atoms with Crippen molar-refractivity contribution in [2.24, 2.45) is 5.92 Å². The average Bonchev–Trinajstić information content (AvgIpc) is 3.13. The molecule has 3 heterocycles. The van der Waals surface area contributed by atoms with Crippen LogP contribution in [0.2, 0.25) is 0 Å². The van der Waals surface area contributed by atoms with Gasteiger partial charge in [-0.25, -0.2) is 9.78 Å². The summed E-state index contributed by atoms with van der Waals surface area (Å²) in [5.74, 6) is 0.495. The van der Waals surface area contributed by atoms with E-state index in [1.165, 1.54) is 0 Å². The first-order valence-corrected chi connectivity index (χ1v) is 8.84. The van der Waals surface area contributed by atoms with E-state index in [1.807, 2.05) is 39.9 Å². The third kappa shape index (κ3) is 3.53. The lowest BCUT2D eigenvalue weighted by Crippen LogP contribution is -2.44. The van der Waals surface area contributed by atoms with Crippen molar-refractivity contribution in [2.75, 3.05) is 26.3 Å². The molecular formula is C18H24N4O2. The molecule has 0 radical (unpaired) electrons. The summed E-state index contributed by atoms with van der Waals surface area (Å²) in [6, 6.07) is 6.45. The van der Waals surface area contributed by atoms with E-state index in [-0.39, 0.29) is 6.03 Å². The quantitative estimate of drug-likeness (QED) is 0.883. The van der Waals surface area contributed by atoms with Crippen LogP contribution < -0.4 is 5.32 Å². The van der Waals surface area contributed by atoms with Crippen molar-refractivity contribution in [3.05, 3.63) is 36.3 Å². The third-order valence-electron chi connectivity index (χ3n) is 4.80. The fourth-order valence-corrected chi connectivity index (χ4v) is 3.30. The van der Waals surface area contributed by atoms with Gasteiger partial charge in [0.05, 0.1) is 12.3 Å². The molecule has 0 bridgehead atoms. The Kier molecular flexibility index (Phi) is 4.38. The van der Waals surface area contributed by atoms with Gasteiger partial charge in [-0.3, -0.25) is 0 Å². The zero-order chi connectivity index (χ0) is 16.4. The van der Waals surface area contributed by atoms with Gasteiger partial charge in [-0.05, 0) is 31.4 Å². The van der Waals surface area contributed by atoms with E-state index in [0.29, 0.717) is 18.5 Å². The van der Waals surface area contributed by atoms with Crippen molar-refractivity contribution in [3.63, 3.8) is 0 Å². The molecule has 2 aliphatic rings. The normalized spacial score (nSPS) is 20.4. The largest absolute Gasteiger partial charge is 0.381 e. The highest BCUT2D eigenvalue weighted by molar-refractivity contribution is 5.75. The molecular weight excluding hydrogens is 304 g/mol. The predicted molar refractivity (Wildman–Crippen MR) is 90.9 cm³/mol. The molecule has 4 rings (SSSR count). The molecule has 1 N–H and O–H groups in total. The maximum atomic E-state index is 12.5. The fourth-order valence-electron chi connectivity index (χ4n) is 3.30. The smallest absolute Gasteiger partial charge is 0.317 e. The summed E-state index contributed by atoms with van der Waals surface area (Å²) in [4.78, 5) is 19.1. The van der Waals surface area contributed by atoms with Crippen molar-refractivity contribution >= 4 is 11.7 Å². The Morgan fingerprint density at radius 1 is 1.38 bits per heavy atom. The molecule has 128 valence electrons. The number of nitrogens with one attached hydrogen (secondary N) is 1. The Hall–Kier alpha value is -2.08. The van der Waals surface area contributed by atoms with E-state index in [9.17, 15) is 4.79 Å². The van der Waals surface area contributed by atoms with Gasteiger partial charge in [0, 0.05) is 50.5 Å². The molecule has 2 fully saturated rings. The number of hydrogen-bond acceptors (Lipinski definition) is 3. The van der Waals surface area contributed by atoms with Crippen molar-refractivity contribution < 1.29 is 9.53 Å². The number of urea groups is 1. The highest BCUT2D eigenvalue weighted by Crippen LogP contribution is 2.28. The van der Waals surface area contributed by atoms with Crippen molar-refractivity contribution in [1.82, 2.24) is 19.6 Å². The Bertz CT molecular complexity index is 671. The van der Waals surface area contributed by atoms with Crippen LogP contribution in [0.1, 0.15) is 25.0 Å². The van der Waals surface area contributed by atoms with Gasteiger partial charge in [-0.2, -0.15) is 0 Å². The summed E-state index contributed by atoms with van der Waals surface area (Å²) in [5, 5.41) is 3.07. The van der Waals surface area contributed by atoms with Gasteiger partial charge in [0.2, 0.25) is 0 Å². The van der Waals surface area contributed by atoms with E-state index in [1.54, 1.807) is 0 Å². The number of rotatable bonds is 6. The zero-order valence-electron chi connectivity index (χ0n) is 13.9. The first-order chi connectivity index (χ1) is 11.8. The number of ether oxygens (including phenoxy) is 1. The molecule has 1 aliphatic carbocycles. The van der Waals surface area contributed by atoms with Crippen LogP contribution in [-0.2, 0) is 11.2 Å². The van der Waals surface area contributed by atoms with Crippen LogP contribution in [0.4, 0.5) is 4.79 Å². The van der Waals surface area contributed by atoms with Crippen LogP contribution in [-0.4, -0.2) is 52.7 Å². The Labute approximate surface area is 141 Å². The minimum atomic E-state index is 0.0631. The molecule has 2 aromatic rings. The second kappa shape index (κ2) is 6.81. The maximum absolute atomic E-state index is 12.5. The topological polar surface area (TPSA) is 58.9 Å². The van der Waals surface area contributed by atoms with E-state index in [0.717, 1.165) is 56.8 Å². The molecule has 0 aromatic carbocycles. The molecule has 0 spiro atoms. The predicted octanol–water partition coefficient (Wildman–Crippen LogP) is 2.09. The molecule has 2 amide bonds. The lowest BCUT2D eigenvalue weighted by Gasteiger charge is -2.25. The van der Waals surface area contributed by atoms with E-state index in [2.05, 4.69) is 10.3 Å². The van der Waals surface area contributed by atoms with E-state index < -0.39 is 0 Å². The number of aromatic nitrogens is 2. The highest BCUT2D eigenvalue weighted by atomic mass is 16.5. The summed E-state index contributed by atoms with van der Waals surface area (Å²) < 4.78 is 7.44. The molecule has 6 nitrogen and oxygen atoms in total. The lowest BCUT2D eigenvalue weighted by molar-refractivity contribution is 0.162. The van der Waals surface area contributed by atoms with Gasteiger partial charge < -0.3 is 19.4 Å². The Morgan fingerprint density at radius 3 is 3.04 bits per heavy atom. The maximum Gasteiger partial charge on any atom is 0.317 e. The number of amides is 2. The number of imidazole rings is 1. The van der Waals surface area contributed by atoms with E-state index in [4.69, 9.17) is 4.74 Å². The molecule has 6 heteroatoms. The Balaban J connectivity index is 1.29. The molecule has 0 unspecified atom stereocenters. The average molecular weight is 328 g/mol. The van der Waals surface area contributed by atoms with Crippen LogP contribution in [0.15, 0.2) is 30.6 Å². The standard InChI is InChI=1S/C18H24N4O2/c23-18(22(16-4-5-16)11-14-7-10-24-13-14)19-8-6-15-12-21-9-2-1-3-17(21)20-15/h1-3,9,12,14,16H,4-8,10-11,13H2,(H,19,23)/t14-/m1/s1. The fraction of sp³-hybridized carbons (Fsp3) is 0.556. The minimum absolute atomic E-state index is 0.0631. The van der Waals surface area contributed by atoms with Gasteiger partial charge in [-0.15, -0.1) is 0 Å². The zero-order valence-corrected chi connectivity index (χ0v) is 13.9. The first-order valence-electron chi connectivity index (χ1n) is 8.84. The van der Waals surface area contributed by atoms with Gasteiger partial charge in [-0.1, -0.05) is 6.07 Å². The number of carbonyl (C=O) groups excluding carboxylic acids is 1. The minimum Gasteiger partial charge on any atom is -0.381 e. The summed E-state index contributed by atoms with van der Waals surface area (Å²) in [6.45, 7) is 3.06. The summed E-state index contributed by atoms with van der Waals surface area (Å²) in [7, 11) is 0. The summed E-state index contributed by atoms with van der Waals surface area (Å²) >= 11 is 0. The number of carbonyl (C=O) groups is 1. The van der Waals surface area contributed by atoms with Crippen LogP contribution in [0.5, 0.6) is 0 Å². The molecule has 1 saturated heterocycles. The van der Waals surface area contributed by atoms with Gasteiger partial charge in [0.25, 0.3) is 0 Å². The summed E-state index contributed by atoms with van der Waals surface area (Å²) in [5.41, 5.74) is 1.95. The van der Waals surface area contributed by atoms with Crippen molar-refractivity contribution in [2.45, 2.75) is 31.7 Å². The van der Waals surface area contributed by atoms with E-state index >= 15 is 0 Å². The lowest BCUT2D eigenvalue weighted by atomic mass is 10.1. The summed E-state index contributed by atoms with van der Waals surface area (Å²) in [6.07, 6.45) is 8.09. The molecule has 1 atom stereocenters. The number of nitrogens with zero attached hydrogens (tertiary/aromatic N) is 3. The number of hydrogen-bond donors (Lipinski definition) is 1.